The summed E-state index contributed by atoms with van der Waals surface area (Å²) in [6.45, 7) is 4.38. The first-order chi connectivity index (χ1) is 16.9. The summed E-state index contributed by atoms with van der Waals surface area (Å²) >= 11 is 0. The van der Waals surface area contributed by atoms with E-state index in [9.17, 15) is 13.6 Å². The quantitative estimate of drug-likeness (QED) is 0.372. The summed E-state index contributed by atoms with van der Waals surface area (Å²) in [5.41, 5.74) is 2.44. The van der Waals surface area contributed by atoms with Crippen LogP contribution in [0.5, 0.6) is 11.5 Å². The smallest absolute Gasteiger partial charge is 0.243 e. The van der Waals surface area contributed by atoms with E-state index in [-0.39, 0.29) is 23.9 Å². The number of rotatable bonds is 9. The maximum Gasteiger partial charge on any atom is 0.243 e. The van der Waals surface area contributed by atoms with Crippen molar-refractivity contribution < 1.29 is 23.0 Å². The van der Waals surface area contributed by atoms with Crippen LogP contribution < -0.4 is 14.8 Å². The first-order valence-corrected chi connectivity index (χ1v) is 11.1. The molecule has 1 amide bonds. The summed E-state index contributed by atoms with van der Waals surface area (Å²) in [6, 6.07) is 10.6. The Labute approximate surface area is 201 Å². The van der Waals surface area contributed by atoms with Gasteiger partial charge in [0.25, 0.3) is 0 Å². The van der Waals surface area contributed by atoms with E-state index in [1.807, 2.05) is 32.0 Å². The van der Waals surface area contributed by atoms with E-state index in [0.29, 0.717) is 23.6 Å². The van der Waals surface area contributed by atoms with Gasteiger partial charge in [0.2, 0.25) is 5.91 Å². The minimum Gasteiger partial charge on any atom is -0.493 e. The zero-order valence-electron chi connectivity index (χ0n) is 19.7. The highest BCUT2D eigenvalue weighted by molar-refractivity contribution is 5.84. The lowest BCUT2D eigenvalue weighted by Gasteiger charge is -2.22. The predicted molar refractivity (Wildman–Crippen MR) is 127 cm³/mol. The van der Waals surface area contributed by atoms with E-state index in [0.717, 1.165) is 23.3 Å². The number of halogens is 2. The van der Waals surface area contributed by atoms with Gasteiger partial charge in [-0.05, 0) is 41.3 Å². The third-order valence-corrected chi connectivity index (χ3v) is 5.66. The number of methoxy groups -OCH3 is 1. The van der Waals surface area contributed by atoms with Gasteiger partial charge in [-0.15, -0.1) is 0 Å². The summed E-state index contributed by atoms with van der Waals surface area (Å²) in [4.78, 5) is 21.3. The van der Waals surface area contributed by atoms with Gasteiger partial charge in [-0.1, -0.05) is 19.9 Å². The molecule has 0 spiro atoms. The SMILES string of the molecule is COc1cc(CNC(=O)C(C(C)C)n2cnc3cc(F)c(F)cc32)ccc1OCc1ccncc1. The Morgan fingerprint density at radius 2 is 1.77 bits per heavy atom. The lowest BCUT2D eigenvalue weighted by Crippen LogP contribution is -2.34. The summed E-state index contributed by atoms with van der Waals surface area (Å²) in [5.74, 6) is -1.22. The van der Waals surface area contributed by atoms with Crippen LogP contribution in [0.25, 0.3) is 11.0 Å². The molecule has 0 saturated carbocycles. The number of hydrogen-bond acceptors (Lipinski definition) is 5. The molecule has 1 N–H and O–H groups in total. The van der Waals surface area contributed by atoms with Crippen LogP contribution in [0.2, 0.25) is 0 Å². The zero-order chi connectivity index (χ0) is 24.9. The van der Waals surface area contributed by atoms with Crippen LogP contribution in [-0.4, -0.2) is 27.6 Å². The number of ether oxygens (including phenoxy) is 2. The highest BCUT2D eigenvalue weighted by Gasteiger charge is 2.26. The molecule has 2 heterocycles. The van der Waals surface area contributed by atoms with Crippen molar-refractivity contribution in [2.75, 3.05) is 7.11 Å². The lowest BCUT2D eigenvalue weighted by molar-refractivity contribution is -0.125. The molecule has 0 saturated heterocycles. The number of aromatic nitrogens is 3. The number of nitrogens with one attached hydrogen (secondary N) is 1. The van der Waals surface area contributed by atoms with Crippen molar-refractivity contribution in [2.24, 2.45) is 5.92 Å². The molecule has 0 radical (unpaired) electrons. The van der Waals surface area contributed by atoms with Crippen LogP contribution in [0.4, 0.5) is 8.78 Å². The maximum atomic E-state index is 13.9. The van der Waals surface area contributed by atoms with E-state index in [4.69, 9.17) is 9.47 Å². The number of hydrogen-bond donors (Lipinski definition) is 1. The average molecular weight is 481 g/mol. The molecule has 0 aliphatic rings. The standard InChI is InChI=1S/C26H26F2N4O3/c1-16(2)25(32-15-31-21-11-19(27)20(28)12-22(21)32)26(33)30-13-18-4-5-23(24(10-18)34-3)35-14-17-6-8-29-9-7-17/h4-12,15-16,25H,13-14H2,1-3H3,(H,30,33). The van der Waals surface area contributed by atoms with Gasteiger partial charge in [0.15, 0.2) is 23.1 Å². The van der Waals surface area contributed by atoms with Crippen LogP contribution in [0.3, 0.4) is 0 Å². The van der Waals surface area contributed by atoms with E-state index < -0.39 is 17.7 Å². The highest BCUT2D eigenvalue weighted by atomic mass is 19.2. The van der Waals surface area contributed by atoms with Crippen molar-refractivity contribution >= 4 is 16.9 Å². The zero-order valence-corrected chi connectivity index (χ0v) is 19.7. The lowest BCUT2D eigenvalue weighted by atomic mass is 10.0. The molecule has 1 atom stereocenters. The molecule has 182 valence electrons. The van der Waals surface area contributed by atoms with Gasteiger partial charge >= 0.3 is 0 Å². The molecule has 0 fully saturated rings. The molecule has 4 aromatic rings. The topological polar surface area (TPSA) is 78.3 Å². The van der Waals surface area contributed by atoms with Crippen molar-refractivity contribution in [2.45, 2.75) is 33.0 Å². The Hall–Kier alpha value is -4.01. The first-order valence-electron chi connectivity index (χ1n) is 11.1. The number of benzene rings is 2. The molecular formula is C26H26F2N4O3. The normalized spacial score (nSPS) is 12.1. The van der Waals surface area contributed by atoms with Gasteiger partial charge in [0, 0.05) is 31.1 Å². The van der Waals surface area contributed by atoms with Gasteiger partial charge in [-0.2, -0.15) is 0 Å². The summed E-state index contributed by atoms with van der Waals surface area (Å²) in [5, 5.41) is 2.93. The molecule has 7 nitrogen and oxygen atoms in total. The molecule has 1 unspecified atom stereocenters. The average Bonchev–Trinajstić information content (AvgIpc) is 3.24. The number of fused-ring (bicyclic) bond motifs is 1. The molecular weight excluding hydrogens is 454 g/mol. The van der Waals surface area contributed by atoms with Gasteiger partial charge in [-0.25, -0.2) is 13.8 Å². The molecule has 0 bridgehead atoms. The monoisotopic (exact) mass is 480 g/mol. The van der Waals surface area contributed by atoms with Crippen LogP contribution in [0.1, 0.15) is 31.0 Å². The van der Waals surface area contributed by atoms with Crippen LogP contribution in [0, 0.1) is 17.6 Å². The molecule has 0 aliphatic carbocycles. The Kier molecular flexibility index (Phi) is 7.24. The van der Waals surface area contributed by atoms with Crippen LogP contribution in [0.15, 0.2) is 61.2 Å². The largest absolute Gasteiger partial charge is 0.493 e. The molecule has 2 aromatic carbocycles. The number of amides is 1. The van der Waals surface area contributed by atoms with Crippen molar-refractivity contribution in [1.82, 2.24) is 19.9 Å². The Balaban J connectivity index is 1.47. The number of nitrogens with zero attached hydrogens (tertiary/aromatic N) is 3. The third-order valence-electron chi connectivity index (χ3n) is 5.66. The third kappa shape index (κ3) is 5.40. The maximum absolute atomic E-state index is 13.9. The predicted octanol–water partition coefficient (Wildman–Crippen LogP) is 4.81. The second-order valence-corrected chi connectivity index (χ2v) is 8.44. The summed E-state index contributed by atoms with van der Waals surface area (Å²) in [6.07, 6.45) is 4.84. The molecule has 9 heteroatoms. The Morgan fingerprint density at radius 3 is 2.49 bits per heavy atom. The fraction of sp³-hybridized carbons (Fsp3) is 0.269. The van der Waals surface area contributed by atoms with E-state index in [2.05, 4.69) is 15.3 Å². The van der Waals surface area contributed by atoms with E-state index in [1.165, 1.54) is 6.33 Å². The van der Waals surface area contributed by atoms with Gasteiger partial charge in [-0.3, -0.25) is 9.78 Å². The Bertz CT molecular complexity index is 1330. The number of imidazole rings is 1. The second-order valence-electron chi connectivity index (χ2n) is 8.44. The van der Waals surface area contributed by atoms with E-state index in [1.54, 1.807) is 36.2 Å². The van der Waals surface area contributed by atoms with E-state index >= 15 is 0 Å². The first kappa shape index (κ1) is 24.1. The van der Waals surface area contributed by atoms with Gasteiger partial charge in [0.05, 0.1) is 24.5 Å². The van der Waals surface area contributed by atoms with Crippen LogP contribution in [-0.2, 0) is 17.9 Å². The Morgan fingerprint density at radius 1 is 1.03 bits per heavy atom. The van der Waals surface area contributed by atoms with Gasteiger partial charge in [0.1, 0.15) is 12.6 Å². The van der Waals surface area contributed by atoms with Crippen molar-refractivity contribution in [3.05, 3.63) is 83.9 Å². The van der Waals surface area contributed by atoms with Gasteiger partial charge < -0.3 is 19.4 Å². The minimum atomic E-state index is -0.986. The van der Waals surface area contributed by atoms with Crippen molar-refractivity contribution in [3.8, 4) is 11.5 Å². The fourth-order valence-corrected chi connectivity index (χ4v) is 3.87. The summed E-state index contributed by atoms with van der Waals surface area (Å²) < 4.78 is 40.3. The van der Waals surface area contributed by atoms with Crippen molar-refractivity contribution in [1.29, 1.82) is 0 Å². The number of pyridine rings is 1. The minimum absolute atomic E-state index is 0.126. The number of carbonyl (C=O) groups excluding carboxylic acids is 1. The second kappa shape index (κ2) is 10.5. The number of carbonyl (C=O) groups is 1. The highest BCUT2D eigenvalue weighted by Crippen LogP contribution is 2.29. The molecule has 35 heavy (non-hydrogen) atoms. The summed E-state index contributed by atoms with van der Waals surface area (Å²) in [7, 11) is 1.55. The van der Waals surface area contributed by atoms with Crippen molar-refractivity contribution in [3.63, 3.8) is 0 Å². The molecule has 0 aliphatic heterocycles. The molecule has 4 rings (SSSR count). The van der Waals surface area contributed by atoms with Crippen LogP contribution >= 0.6 is 0 Å². The molecule has 2 aromatic heterocycles. The fourth-order valence-electron chi connectivity index (χ4n) is 3.87.